The first-order valence-corrected chi connectivity index (χ1v) is 53.1. The van der Waals surface area contributed by atoms with E-state index in [1.54, 1.807) is 10.5 Å². The Kier molecular flexibility index (Phi) is 41.5. The lowest BCUT2D eigenvalue weighted by molar-refractivity contribution is 0.420. The number of rotatable bonds is 22. The third-order valence-corrected chi connectivity index (χ3v) is 35.6. The monoisotopic (exact) mass is 1770 g/mol. The first-order valence-electron chi connectivity index (χ1n) is 44.1. The highest BCUT2D eigenvalue weighted by Gasteiger charge is 2.33. The van der Waals surface area contributed by atoms with Crippen molar-refractivity contribution in [1.29, 1.82) is 0 Å². The molecule has 0 radical (unpaired) electrons. The fourth-order valence-corrected chi connectivity index (χ4v) is 27.9. The topological polar surface area (TPSA) is 0 Å². The third-order valence-electron chi connectivity index (χ3n) is 21.1. The molecule has 15 aromatic rings. The van der Waals surface area contributed by atoms with Gasteiger partial charge in [-0.3, -0.25) is 0 Å². The van der Waals surface area contributed by atoms with Crippen molar-refractivity contribution in [3.8, 4) is 11.7 Å². The van der Waals surface area contributed by atoms with E-state index < -0.39 is 0 Å². The predicted octanol–water partition coefficient (Wildman–Crippen LogP) is 32.9. The molecule has 0 spiro atoms. The summed E-state index contributed by atoms with van der Waals surface area (Å²) in [7, 11) is 0.220. The van der Waals surface area contributed by atoms with Crippen LogP contribution in [0.1, 0.15) is 102 Å². The molecule has 0 N–H and O–H groups in total. The van der Waals surface area contributed by atoms with Crippen LogP contribution >= 0.6 is 0 Å². The van der Waals surface area contributed by atoms with Crippen molar-refractivity contribution in [2.45, 2.75) is 171 Å². The maximum atomic E-state index is 5.60. The van der Waals surface area contributed by atoms with Crippen molar-refractivity contribution in [3.63, 3.8) is 0 Å². The molecule has 18 rings (SSSR count). The van der Waals surface area contributed by atoms with E-state index in [4.69, 9.17) is 6.42 Å². The number of hydrogen-bond donors (Lipinski definition) is 0. The largest absolute Gasteiger partial charge is 0.175 e. The SMILES string of the molecule is C#C[S+](c1ccccc1)c1ccccc1.C(=C1CCCCC1)[S+](c1ccccc1)c1ccccc1.C(=C\[S+](c1ccccc1)c1ccccc1)/C1CCCCC1.C/C=C/[S+](c1ccccc1)c1ccccc1.C1=C([S+](c2ccccc2)c2ccccc2)CCCC1.C=C[S+](c1ccccc1)c1ccccc1.c1ccc(C[S+](c2ccccc2)c2ccccc2)cc1. The minimum atomic E-state index is -0.230. The van der Waals surface area contributed by atoms with Gasteiger partial charge in [-0.25, -0.2) is 0 Å². The number of allylic oxidation sites excluding steroid dienone is 5. The molecule has 2 saturated carbocycles. The Bertz CT molecular complexity index is 5310. The molecule has 0 heterocycles. The van der Waals surface area contributed by atoms with Crippen molar-refractivity contribution in [2.75, 3.05) is 0 Å². The number of hydrogen-bond acceptors (Lipinski definition) is 0. The minimum Gasteiger partial charge on any atom is -0.0622 e. The minimum absolute atomic E-state index is 0.00568. The maximum absolute atomic E-state index is 5.60. The Morgan fingerprint density at radius 2 is 0.571 bits per heavy atom. The molecule has 0 atom stereocenters. The summed E-state index contributed by atoms with van der Waals surface area (Å²) in [4.78, 5) is 20.8. The van der Waals surface area contributed by atoms with E-state index in [1.807, 2.05) is 53.9 Å². The lowest BCUT2D eigenvalue weighted by atomic mass is 9.90. The van der Waals surface area contributed by atoms with Crippen molar-refractivity contribution in [1.82, 2.24) is 0 Å². The summed E-state index contributed by atoms with van der Waals surface area (Å²) >= 11 is 0. The molecule has 3 aliphatic rings. The van der Waals surface area contributed by atoms with Crippen molar-refractivity contribution in [2.24, 2.45) is 5.92 Å². The molecule has 0 aliphatic heterocycles. The summed E-state index contributed by atoms with van der Waals surface area (Å²) in [6.45, 7) is 6.00. The van der Waals surface area contributed by atoms with Crippen LogP contribution in [0.4, 0.5) is 0 Å². The molecule has 0 aromatic heterocycles. The van der Waals surface area contributed by atoms with Crippen molar-refractivity contribution < 1.29 is 0 Å². The van der Waals surface area contributed by atoms with Crippen LogP contribution in [0.25, 0.3) is 0 Å². The zero-order chi connectivity index (χ0) is 86.7. The number of benzene rings is 15. The molecule has 0 unspecified atom stereocenters. The van der Waals surface area contributed by atoms with Gasteiger partial charge in [-0.1, -0.05) is 324 Å². The molecule has 126 heavy (non-hydrogen) atoms. The molecule has 0 saturated heterocycles. The van der Waals surface area contributed by atoms with Crippen molar-refractivity contribution in [3.05, 3.63) is 517 Å². The van der Waals surface area contributed by atoms with Crippen LogP contribution in [0.15, 0.2) is 580 Å². The molecule has 0 nitrogen and oxygen atoms in total. The average molecular weight is 1770 g/mol. The van der Waals surface area contributed by atoms with Crippen LogP contribution in [0.5, 0.6) is 0 Å². The van der Waals surface area contributed by atoms with Gasteiger partial charge in [0, 0.05) is 12.0 Å². The molecule has 2 fully saturated rings. The molecular weight excluding hydrogens is 1650 g/mol. The van der Waals surface area contributed by atoms with Gasteiger partial charge in [0.15, 0.2) is 73.8 Å². The van der Waals surface area contributed by atoms with Crippen LogP contribution in [0, 0.1) is 17.6 Å². The van der Waals surface area contributed by atoms with E-state index >= 15 is 0 Å². The van der Waals surface area contributed by atoms with Crippen LogP contribution in [-0.2, 0) is 82.0 Å². The van der Waals surface area contributed by atoms with Crippen LogP contribution in [0.3, 0.4) is 0 Å². The predicted molar refractivity (Wildman–Crippen MR) is 555 cm³/mol. The van der Waals surface area contributed by atoms with Gasteiger partial charge in [0.2, 0.25) is 0 Å². The summed E-state index contributed by atoms with van der Waals surface area (Å²) in [5.74, 6) is 1.86. The van der Waals surface area contributed by atoms with E-state index in [2.05, 4.69) is 460 Å². The average Bonchev–Trinajstić information content (AvgIpc) is 0.818. The summed E-state index contributed by atoms with van der Waals surface area (Å²) in [6.07, 6.45) is 31.6. The Hall–Kier alpha value is -11.0. The summed E-state index contributed by atoms with van der Waals surface area (Å²) in [5, 5.41) is 12.2. The number of terminal acetylenes is 1. The van der Waals surface area contributed by atoms with Crippen LogP contribution in [-0.4, -0.2) is 0 Å². The lowest BCUT2D eigenvalue weighted by Gasteiger charge is -2.17. The molecule has 3 aliphatic carbocycles. The van der Waals surface area contributed by atoms with Gasteiger partial charge >= 0.3 is 0 Å². The van der Waals surface area contributed by atoms with E-state index in [1.165, 1.54) is 164 Å². The maximum Gasteiger partial charge on any atom is 0.175 e. The molecule has 630 valence electrons. The van der Waals surface area contributed by atoms with E-state index in [0.29, 0.717) is 0 Å². The summed E-state index contributed by atoms with van der Waals surface area (Å²) in [5.41, 5.74) is 3.05. The first kappa shape index (κ1) is 94.1. The zero-order valence-electron chi connectivity index (χ0n) is 72.7. The quantitative estimate of drug-likeness (QED) is 0.0469. The fraction of sp³-hybridized carbons (Fsp3) is 0.143. The van der Waals surface area contributed by atoms with Gasteiger partial charge in [0.1, 0.15) is 43.2 Å². The Morgan fingerprint density at radius 3 is 0.881 bits per heavy atom. The van der Waals surface area contributed by atoms with Gasteiger partial charge in [-0.15, -0.1) is 0 Å². The highest BCUT2D eigenvalue weighted by molar-refractivity contribution is 8.02. The second kappa shape index (κ2) is 55.5. The summed E-state index contributed by atoms with van der Waals surface area (Å²) < 4.78 is 0. The van der Waals surface area contributed by atoms with Gasteiger partial charge in [0.25, 0.3) is 0 Å². The molecule has 0 bridgehead atoms. The standard InChI is InChI=1S/C20H23S.C19H21S.C19H17S.C18H19S.C15H15S.C14H13S.C14H11S/c1-4-10-18(11-5-1)16-17-21(19-12-6-2-7-13-19)20-14-8-3-9-15-20;2*1-4-10-17(11-5-1)16-20(18-12-6-2-7-13-18)19-14-8-3-9-15-19;1-4-10-16(11-5-1)19(17-12-6-2-7-13-17)18-14-8-3-9-15-18;1-2-13-16(14-9-5-3-6-10-14)15-11-7-4-8-12-15;2*1-2-15(13-9-5-3-6-10-13)14-11-7-4-8-12-14/h2-3,6-9,12-18H,1,4-5,10-11H2;2-3,6-9,12-16H,1,4-5,10-11H2;1-15H,16H2;1-2,4-7,10-14H,3,8-9,15H2;2-13H,1H3;2-12H,1H2;1,3-12H/q7*+1/b17-16+;;;;13-2+;;. The van der Waals surface area contributed by atoms with Gasteiger partial charge in [0.05, 0.1) is 65.4 Å². The van der Waals surface area contributed by atoms with E-state index in [0.717, 1.165) is 11.7 Å². The Balaban J connectivity index is 0.000000134. The van der Waals surface area contributed by atoms with Gasteiger partial charge < -0.3 is 0 Å². The zero-order valence-corrected chi connectivity index (χ0v) is 78.4. The van der Waals surface area contributed by atoms with Crippen molar-refractivity contribution >= 4 is 76.3 Å². The third kappa shape index (κ3) is 31.2. The molecular formula is C119H119S7+7. The Labute approximate surface area is 775 Å². The smallest absolute Gasteiger partial charge is 0.0622 e. The van der Waals surface area contributed by atoms with Gasteiger partial charge in [-0.05, 0) is 264 Å². The highest BCUT2D eigenvalue weighted by Crippen LogP contribution is 2.38. The summed E-state index contributed by atoms with van der Waals surface area (Å²) in [6, 6.07) is 161. The van der Waals surface area contributed by atoms with Crippen LogP contribution in [0.2, 0.25) is 0 Å². The second-order valence-electron chi connectivity index (χ2n) is 30.1. The molecule has 15 aromatic carbocycles. The normalized spacial score (nSPS) is 13.0. The first-order chi connectivity index (χ1) is 62.5. The fourth-order valence-electron chi connectivity index (χ4n) is 14.8. The highest BCUT2D eigenvalue weighted by atomic mass is 32.2. The van der Waals surface area contributed by atoms with Crippen LogP contribution < -0.4 is 0 Å². The van der Waals surface area contributed by atoms with Gasteiger partial charge in [-0.2, -0.15) is 0 Å². The lowest BCUT2D eigenvalue weighted by Crippen LogP contribution is -2.09. The van der Waals surface area contributed by atoms with E-state index in [-0.39, 0.29) is 76.3 Å². The van der Waals surface area contributed by atoms with E-state index in [9.17, 15) is 0 Å². The Morgan fingerprint density at radius 1 is 0.294 bits per heavy atom. The second-order valence-corrected chi connectivity index (χ2v) is 43.6. The molecule has 0 amide bonds. The molecule has 7 heteroatoms.